The summed E-state index contributed by atoms with van der Waals surface area (Å²) in [6.07, 6.45) is 6.93. The molecule has 1 atom stereocenters. The first kappa shape index (κ1) is 71.5. The highest BCUT2D eigenvalue weighted by atomic mass is 35.5. The molecule has 4 aromatic carbocycles. The maximum absolute atomic E-state index is 13.7. The molecule has 0 aliphatic carbocycles. The number of ether oxygens (including phenoxy) is 7. The second-order valence-electron chi connectivity index (χ2n) is 21.7. The van der Waals surface area contributed by atoms with Gasteiger partial charge in [0.1, 0.15) is 128 Å². The molecule has 4 aliphatic heterocycles. The van der Waals surface area contributed by atoms with E-state index in [9.17, 15) is 49.5 Å². The zero-order chi connectivity index (χ0) is 71.0. The fraction of sp³-hybridized carbons (Fsp3) is 0.197. The van der Waals surface area contributed by atoms with Crippen LogP contribution in [-0.2, 0) is 11.3 Å². The average molecular weight is 1390 g/mol. The van der Waals surface area contributed by atoms with Crippen molar-refractivity contribution in [2.45, 2.75) is 46.2 Å². The maximum Gasteiger partial charge on any atom is 0.262 e. The molecule has 3 N–H and O–H groups in total. The van der Waals surface area contributed by atoms with Crippen molar-refractivity contribution in [3.63, 3.8) is 0 Å². The predicted octanol–water partition coefficient (Wildman–Crippen LogP) is 14.3. The Morgan fingerprint density at radius 3 is 1.07 bits per heavy atom. The third kappa shape index (κ3) is 18.1. The van der Waals surface area contributed by atoms with Crippen molar-refractivity contribution >= 4 is 54.0 Å². The average Bonchev–Trinajstić information content (AvgIpc) is 0.827. The van der Waals surface area contributed by atoms with E-state index in [1.807, 2.05) is 45.0 Å². The number of nitrogens with zero attached hydrogens (tertiary/aromatic N) is 6. The Balaban J connectivity index is 0.000000145. The third-order valence-electron chi connectivity index (χ3n) is 14.9. The summed E-state index contributed by atoms with van der Waals surface area (Å²) in [6.45, 7) is 9.23. The van der Waals surface area contributed by atoms with Crippen LogP contribution in [0.4, 0.5) is 52.6 Å². The number of nitrogens with one attached hydrogen (secondary N) is 3. The van der Waals surface area contributed by atoms with Crippen molar-refractivity contribution in [1.82, 2.24) is 29.9 Å². The van der Waals surface area contributed by atoms with Crippen LogP contribution in [0.15, 0.2) is 146 Å². The molecule has 1 fully saturated rings. The van der Waals surface area contributed by atoms with E-state index in [2.05, 4.69) is 45.9 Å². The van der Waals surface area contributed by atoms with Gasteiger partial charge < -0.3 is 49.1 Å². The number of pyridine rings is 6. The Labute approximate surface area is 572 Å². The van der Waals surface area contributed by atoms with Gasteiger partial charge in [0.05, 0.1) is 0 Å². The molecule has 4 aliphatic rings. The van der Waals surface area contributed by atoms with Gasteiger partial charge in [-0.2, -0.15) is 0 Å². The zero-order valence-corrected chi connectivity index (χ0v) is 54.0. The highest BCUT2D eigenvalue weighted by Gasteiger charge is 2.24. The molecule has 10 heterocycles. The first-order valence-electron chi connectivity index (χ1n) is 30.6. The molecule has 512 valence electrons. The van der Waals surface area contributed by atoms with Crippen LogP contribution < -0.4 is 44.4 Å². The van der Waals surface area contributed by atoms with Crippen LogP contribution in [0, 0.1) is 67.3 Å². The van der Waals surface area contributed by atoms with Crippen molar-refractivity contribution in [2.24, 2.45) is 0 Å². The topological polar surface area (TPSA) is 229 Å². The molecule has 6 aromatic heterocycles. The molecule has 10 aromatic rings. The number of aromatic nitrogens is 6. The summed E-state index contributed by atoms with van der Waals surface area (Å²) in [4.78, 5) is 60.5. The van der Waals surface area contributed by atoms with Crippen LogP contribution in [0.5, 0.6) is 34.9 Å². The van der Waals surface area contributed by atoms with Gasteiger partial charge >= 0.3 is 0 Å². The molecule has 2 radical (unpaired) electrons. The summed E-state index contributed by atoms with van der Waals surface area (Å²) >= 11 is 4.89. The second-order valence-corrected chi connectivity index (χ2v) is 22.1. The van der Waals surface area contributed by atoms with Gasteiger partial charge in [-0.05, 0) is 148 Å². The van der Waals surface area contributed by atoms with Gasteiger partial charge in [-0.25, -0.2) is 65.0 Å². The fourth-order valence-corrected chi connectivity index (χ4v) is 10.1. The molecule has 0 spiro atoms. The number of rotatable bonds is 11. The standard InChI is InChI=1S/2C20H15F2N3O3.C20H17F2N3O2.C7H3ClF2O.C4H7BO/c2*1-11-13(9-16-20(24-11)28-8-7-27-16)12-5-6-17(23-10-12)25-19(26)18-14(21)3-2-4-15(18)22;1-12-14(9-18-20(25-12)27-8-7-26-18)13-5-6-19(23-10-13)24-11-15-16(21)3-2-4-17(15)22;8-7(11)6-4(9)2-1-3-5(6)10;5-4-2-1-3-6-4/h2*2-6,9-10H,7-8H2,1H3,(H,23,25,26);2-6,9-10H,7-8,11H2,1H3,(H,23,24);1-3H;4H,1-3H2. The van der Waals surface area contributed by atoms with Crippen LogP contribution in [-0.4, -0.2) is 107 Å². The molecule has 29 heteroatoms. The number of halogens is 9. The number of hydrogen-bond donors (Lipinski definition) is 3. The molecule has 1 unspecified atom stereocenters. The lowest BCUT2D eigenvalue weighted by atomic mass is 9.98. The molecular formula is C71H57BClF8N9O10. The molecule has 0 bridgehead atoms. The molecule has 14 rings (SSSR count). The van der Waals surface area contributed by atoms with Crippen molar-refractivity contribution in [3.05, 3.63) is 232 Å². The van der Waals surface area contributed by atoms with E-state index < -0.39 is 80.3 Å². The van der Waals surface area contributed by atoms with Crippen molar-refractivity contribution in [1.29, 1.82) is 0 Å². The first-order valence-corrected chi connectivity index (χ1v) is 31.0. The number of fused-ring (bicyclic) bond motifs is 3. The van der Waals surface area contributed by atoms with Gasteiger partial charge in [-0.1, -0.05) is 24.3 Å². The minimum atomic E-state index is -1.12. The summed E-state index contributed by atoms with van der Waals surface area (Å²) in [5.41, 5.74) is 5.09. The number of carbonyl (C=O) groups excluding carboxylic acids is 3. The number of amides is 2. The summed E-state index contributed by atoms with van der Waals surface area (Å²) < 4.78 is 145. The maximum atomic E-state index is 13.7. The van der Waals surface area contributed by atoms with Gasteiger partial charge in [0.15, 0.2) is 17.2 Å². The number of anilines is 3. The van der Waals surface area contributed by atoms with E-state index in [0.717, 1.165) is 112 Å². The number of hydrogen-bond acceptors (Lipinski definition) is 17. The lowest BCUT2D eigenvalue weighted by Crippen LogP contribution is -2.17. The lowest BCUT2D eigenvalue weighted by Gasteiger charge is -2.19. The van der Waals surface area contributed by atoms with E-state index in [-0.39, 0.29) is 29.7 Å². The van der Waals surface area contributed by atoms with Crippen molar-refractivity contribution in [2.75, 3.05) is 62.2 Å². The van der Waals surface area contributed by atoms with Crippen LogP contribution in [0.25, 0.3) is 33.4 Å². The fourth-order valence-electron chi connectivity index (χ4n) is 9.93. The summed E-state index contributed by atoms with van der Waals surface area (Å²) in [6, 6.07) is 29.1. The molecule has 100 heavy (non-hydrogen) atoms. The van der Waals surface area contributed by atoms with Gasteiger partial charge in [0.2, 0.25) is 0 Å². The van der Waals surface area contributed by atoms with Crippen LogP contribution in [0.3, 0.4) is 0 Å². The monoisotopic (exact) mass is 1390 g/mol. The second kappa shape index (κ2) is 33.3. The largest absolute Gasteiger partial charge is 0.484 e. The Morgan fingerprint density at radius 1 is 0.450 bits per heavy atom. The normalized spacial score (nSPS) is 13.6. The van der Waals surface area contributed by atoms with E-state index in [4.69, 9.17) is 52.6 Å². The zero-order valence-electron chi connectivity index (χ0n) is 53.2. The molecule has 1 saturated heterocycles. The van der Waals surface area contributed by atoms with Crippen molar-refractivity contribution < 1.29 is 82.7 Å². The Bertz CT molecular complexity index is 4360. The number of carbonyl (C=O) groups is 3. The van der Waals surface area contributed by atoms with Crippen LogP contribution in [0.2, 0.25) is 0 Å². The summed E-state index contributed by atoms with van der Waals surface area (Å²) in [5.74, 6) is -4.64. The lowest BCUT2D eigenvalue weighted by molar-refractivity contribution is 0.101. The minimum Gasteiger partial charge on any atom is -0.484 e. The van der Waals surface area contributed by atoms with E-state index in [1.165, 1.54) is 42.7 Å². The SMILES string of the molecule is Cc1nc2c(cc1-c1ccc(NC(=O)c3c(F)cccc3F)nc1)OCCO2.Cc1nc2c(cc1-c1ccc(NC(=O)c3c(F)cccc3F)nc1)OCCO2.Cc1nc2c(cc1-c1ccc(NCc3c(F)cccc3F)nc1)OCCO2.O=C(Cl)c1c(F)cccc1F.[B]C1CCCO1. The molecule has 19 nitrogen and oxygen atoms in total. The van der Waals surface area contributed by atoms with Gasteiger partial charge in [0, 0.05) is 93.8 Å². The number of aryl methyl sites for hydroxylation is 3. The van der Waals surface area contributed by atoms with Crippen molar-refractivity contribution in [3.8, 4) is 68.3 Å². The van der Waals surface area contributed by atoms with Gasteiger partial charge in [-0.3, -0.25) is 14.4 Å². The van der Waals surface area contributed by atoms with Gasteiger partial charge in [0.25, 0.3) is 34.7 Å². The third-order valence-corrected chi connectivity index (χ3v) is 15.1. The Kier molecular flexibility index (Phi) is 23.8. The van der Waals surface area contributed by atoms with E-state index in [0.29, 0.717) is 80.3 Å². The summed E-state index contributed by atoms with van der Waals surface area (Å²) in [5, 5.41) is 6.60. The smallest absolute Gasteiger partial charge is 0.262 e. The highest BCUT2D eigenvalue weighted by Crippen LogP contribution is 2.38. The molecular weight excluding hydrogens is 1340 g/mol. The first-order chi connectivity index (χ1) is 48.2. The van der Waals surface area contributed by atoms with Crippen LogP contribution >= 0.6 is 11.6 Å². The predicted molar refractivity (Wildman–Crippen MR) is 353 cm³/mol. The molecule has 0 saturated carbocycles. The Morgan fingerprint density at radius 2 is 0.780 bits per heavy atom. The van der Waals surface area contributed by atoms with E-state index in [1.54, 1.807) is 36.5 Å². The Hall–Kier alpha value is -11.3. The summed E-state index contributed by atoms with van der Waals surface area (Å²) in [7, 11) is 5.31. The van der Waals surface area contributed by atoms with E-state index >= 15 is 0 Å². The highest BCUT2D eigenvalue weighted by molar-refractivity contribution is 6.67. The van der Waals surface area contributed by atoms with Crippen LogP contribution in [0.1, 0.15) is 66.6 Å². The number of benzene rings is 4. The minimum absolute atomic E-state index is 0.00939. The quantitative estimate of drug-likeness (QED) is 0.0621. The van der Waals surface area contributed by atoms with Gasteiger partial charge in [-0.15, -0.1) is 0 Å². The molecule has 2 amide bonds.